The van der Waals surface area contributed by atoms with Gasteiger partial charge < -0.3 is 4.90 Å². The van der Waals surface area contributed by atoms with Crippen LogP contribution >= 0.6 is 0 Å². The van der Waals surface area contributed by atoms with Gasteiger partial charge in [-0.1, -0.05) is 78.9 Å². The summed E-state index contributed by atoms with van der Waals surface area (Å²) < 4.78 is 0. The maximum Gasteiger partial charge on any atom is 0.0499 e. The molecule has 5 aromatic carbocycles. The Balaban J connectivity index is 1.81. The molecule has 0 aliphatic heterocycles. The van der Waals surface area contributed by atoms with Crippen molar-refractivity contribution in [3.63, 3.8) is 0 Å². The van der Waals surface area contributed by atoms with Gasteiger partial charge in [0, 0.05) is 22.8 Å². The maximum absolute atomic E-state index is 2.46. The predicted octanol–water partition coefficient (Wildman–Crippen LogP) is 7.69. The molecule has 1 heteroatoms. The molecule has 136 valence electrons. The van der Waals surface area contributed by atoms with Crippen molar-refractivity contribution in [1.29, 1.82) is 0 Å². The first-order valence-corrected chi connectivity index (χ1v) is 9.91. The first-order chi connectivity index (χ1) is 13.7. The molecule has 0 bridgehead atoms. The lowest BCUT2D eigenvalue weighted by molar-refractivity contribution is 0.792. The first-order valence-electron chi connectivity index (χ1n) is 9.91. The van der Waals surface area contributed by atoms with Gasteiger partial charge in [0.15, 0.2) is 0 Å². The van der Waals surface area contributed by atoms with E-state index < -0.39 is 0 Å². The number of fused-ring (bicyclic) bond motifs is 4. The monoisotopic (exact) mass is 361 g/mol. The highest BCUT2D eigenvalue weighted by Gasteiger charge is 2.17. The topological polar surface area (TPSA) is 3.24 Å². The summed E-state index contributed by atoms with van der Waals surface area (Å²) in [5.41, 5.74) is 2.49. The highest BCUT2D eigenvalue weighted by molar-refractivity contribution is 6.13. The van der Waals surface area contributed by atoms with Crippen molar-refractivity contribution in [3.8, 4) is 0 Å². The molecule has 0 amide bonds. The number of rotatable bonds is 3. The minimum absolute atomic E-state index is 0.339. The average molecular weight is 361 g/mol. The largest absolute Gasteiger partial charge is 0.338 e. The Kier molecular flexibility index (Phi) is 4.02. The van der Waals surface area contributed by atoms with Crippen LogP contribution in [-0.2, 0) is 0 Å². The van der Waals surface area contributed by atoms with Gasteiger partial charge in [0.25, 0.3) is 0 Å². The average Bonchev–Trinajstić information content (AvgIpc) is 2.74. The van der Waals surface area contributed by atoms with E-state index >= 15 is 0 Å². The van der Waals surface area contributed by atoms with Crippen LogP contribution in [0.3, 0.4) is 0 Å². The second kappa shape index (κ2) is 6.69. The maximum atomic E-state index is 2.46. The molecule has 0 aliphatic carbocycles. The Bertz CT molecular complexity index is 1300. The third kappa shape index (κ3) is 2.71. The van der Waals surface area contributed by atoms with Crippen LogP contribution in [0.1, 0.15) is 13.8 Å². The summed E-state index contributed by atoms with van der Waals surface area (Å²) in [6.07, 6.45) is 0. The van der Waals surface area contributed by atoms with Crippen molar-refractivity contribution in [2.75, 3.05) is 4.90 Å². The van der Waals surface area contributed by atoms with Crippen molar-refractivity contribution < 1.29 is 0 Å². The molecule has 0 saturated heterocycles. The molecule has 5 aromatic rings. The lowest BCUT2D eigenvalue weighted by Gasteiger charge is -2.31. The van der Waals surface area contributed by atoms with E-state index in [1.807, 2.05) is 0 Å². The fraction of sp³-hybridized carbons (Fsp3) is 0.111. The number of nitrogens with zero attached hydrogens (tertiary/aromatic N) is 1. The van der Waals surface area contributed by atoms with Gasteiger partial charge >= 0.3 is 0 Å². The second-order valence-corrected chi connectivity index (χ2v) is 7.66. The van der Waals surface area contributed by atoms with Crippen LogP contribution in [0.25, 0.3) is 32.3 Å². The van der Waals surface area contributed by atoms with E-state index in [9.17, 15) is 0 Å². The molecule has 0 atom stereocenters. The van der Waals surface area contributed by atoms with Crippen LogP contribution in [0.4, 0.5) is 11.4 Å². The van der Waals surface area contributed by atoms with Crippen molar-refractivity contribution in [3.05, 3.63) is 97.1 Å². The van der Waals surface area contributed by atoms with Crippen LogP contribution in [0.5, 0.6) is 0 Å². The fourth-order valence-electron chi connectivity index (χ4n) is 4.28. The Morgan fingerprint density at radius 1 is 0.536 bits per heavy atom. The van der Waals surface area contributed by atoms with Crippen molar-refractivity contribution in [1.82, 2.24) is 0 Å². The third-order valence-electron chi connectivity index (χ3n) is 5.53. The van der Waals surface area contributed by atoms with Gasteiger partial charge in [-0.2, -0.15) is 0 Å². The fourth-order valence-corrected chi connectivity index (χ4v) is 4.28. The predicted molar refractivity (Wildman–Crippen MR) is 123 cm³/mol. The Labute approximate surface area is 165 Å². The quantitative estimate of drug-likeness (QED) is 0.298. The summed E-state index contributed by atoms with van der Waals surface area (Å²) in [6, 6.07) is 35.4. The summed E-state index contributed by atoms with van der Waals surface area (Å²) in [7, 11) is 0. The smallest absolute Gasteiger partial charge is 0.0499 e. The third-order valence-corrected chi connectivity index (χ3v) is 5.53. The van der Waals surface area contributed by atoms with Gasteiger partial charge in [-0.3, -0.25) is 0 Å². The highest BCUT2D eigenvalue weighted by Crippen LogP contribution is 2.39. The molecule has 0 spiro atoms. The molecule has 0 heterocycles. The molecule has 0 N–H and O–H groups in total. The number of hydrogen-bond acceptors (Lipinski definition) is 1. The number of hydrogen-bond donors (Lipinski definition) is 0. The van der Waals surface area contributed by atoms with Gasteiger partial charge in [-0.05, 0) is 59.0 Å². The normalized spacial score (nSPS) is 11.5. The minimum atomic E-state index is 0.339. The first kappa shape index (κ1) is 16.8. The molecule has 0 aromatic heterocycles. The zero-order valence-corrected chi connectivity index (χ0v) is 16.3. The van der Waals surface area contributed by atoms with Crippen molar-refractivity contribution in [2.45, 2.75) is 19.9 Å². The Morgan fingerprint density at radius 2 is 1.14 bits per heavy atom. The minimum Gasteiger partial charge on any atom is -0.338 e. The van der Waals surface area contributed by atoms with E-state index in [0.29, 0.717) is 6.04 Å². The zero-order valence-electron chi connectivity index (χ0n) is 16.3. The molecule has 0 aliphatic rings. The van der Waals surface area contributed by atoms with Crippen LogP contribution in [-0.4, -0.2) is 6.04 Å². The lowest BCUT2D eigenvalue weighted by atomic mass is 9.98. The van der Waals surface area contributed by atoms with Crippen LogP contribution in [0.2, 0.25) is 0 Å². The summed E-state index contributed by atoms with van der Waals surface area (Å²) in [4.78, 5) is 2.46. The molecule has 0 unspecified atom stereocenters. The number of anilines is 2. The zero-order chi connectivity index (χ0) is 19.1. The van der Waals surface area contributed by atoms with E-state index in [0.717, 1.165) is 0 Å². The summed E-state index contributed by atoms with van der Waals surface area (Å²) in [5, 5.41) is 7.74. The summed E-state index contributed by atoms with van der Waals surface area (Å²) in [6.45, 7) is 4.53. The Hall–Kier alpha value is -3.32. The Morgan fingerprint density at radius 3 is 1.89 bits per heavy atom. The van der Waals surface area contributed by atoms with Crippen molar-refractivity contribution >= 4 is 43.7 Å². The van der Waals surface area contributed by atoms with Crippen LogP contribution < -0.4 is 4.90 Å². The van der Waals surface area contributed by atoms with E-state index in [4.69, 9.17) is 0 Å². The summed E-state index contributed by atoms with van der Waals surface area (Å²) >= 11 is 0. The molecular weight excluding hydrogens is 338 g/mol. The van der Waals surface area contributed by atoms with E-state index in [2.05, 4.69) is 116 Å². The number of benzene rings is 5. The highest BCUT2D eigenvalue weighted by atomic mass is 15.2. The van der Waals surface area contributed by atoms with Crippen molar-refractivity contribution in [2.24, 2.45) is 0 Å². The van der Waals surface area contributed by atoms with Gasteiger partial charge in [0.1, 0.15) is 0 Å². The van der Waals surface area contributed by atoms with Crippen LogP contribution in [0, 0.1) is 0 Å². The molecule has 28 heavy (non-hydrogen) atoms. The van der Waals surface area contributed by atoms with E-state index in [1.165, 1.54) is 43.7 Å². The summed E-state index contributed by atoms with van der Waals surface area (Å²) in [5.74, 6) is 0. The van der Waals surface area contributed by atoms with Gasteiger partial charge in [0.2, 0.25) is 0 Å². The van der Waals surface area contributed by atoms with Gasteiger partial charge in [0.05, 0.1) is 0 Å². The van der Waals surface area contributed by atoms with Crippen LogP contribution in [0.15, 0.2) is 97.1 Å². The lowest BCUT2D eigenvalue weighted by Crippen LogP contribution is -2.25. The molecule has 1 nitrogen and oxygen atoms in total. The standard InChI is InChI=1S/C27H23N/c1-19(2)28(23-16-15-20-9-3-4-10-21(20)17-23)27-18-22-11-5-6-12-24(22)25-13-7-8-14-26(25)27/h3-19H,1-2H3. The molecule has 5 rings (SSSR count). The molecule has 0 radical (unpaired) electrons. The molecule has 0 saturated carbocycles. The second-order valence-electron chi connectivity index (χ2n) is 7.66. The van der Waals surface area contributed by atoms with Gasteiger partial charge in [-0.15, -0.1) is 0 Å². The van der Waals surface area contributed by atoms with E-state index in [1.54, 1.807) is 0 Å². The van der Waals surface area contributed by atoms with E-state index in [-0.39, 0.29) is 0 Å². The SMILES string of the molecule is CC(C)N(c1ccc2ccccc2c1)c1cc2ccccc2c2ccccc12. The molecule has 0 fully saturated rings. The van der Waals surface area contributed by atoms with Gasteiger partial charge in [-0.25, -0.2) is 0 Å². The molecular formula is C27H23N.